The maximum absolute atomic E-state index is 4.16. The van der Waals surface area contributed by atoms with Gasteiger partial charge in [0.15, 0.2) is 0 Å². The highest BCUT2D eigenvalue weighted by Gasteiger charge is 2.46. The fourth-order valence-corrected chi connectivity index (χ4v) is 4.18. The van der Waals surface area contributed by atoms with Crippen LogP contribution >= 0.6 is 0 Å². The van der Waals surface area contributed by atoms with Crippen LogP contribution in [0.15, 0.2) is 109 Å². The number of rotatable bonds is 6. The van der Waals surface area contributed by atoms with Gasteiger partial charge < -0.3 is 0 Å². The summed E-state index contributed by atoms with van der Waals surface area (Å²) in [6, 6.07) is 17.4. The first-order valence-corrected chi connectivity index (χ1v) is 9.24. The fraction of sp³-hybridized carbons (Fsp3) is 0.154. The third kappa shape index (κ3) is 2.54. The maximum Gasteiger partial charge on any atom is 0.0710 e. The van der Waals surface area contributed by atoms with E-state index in [-0.39, 0.29) is 5.41 Å². The average molecular weight is 338 g/mol. The molecule has 0 unspecified atom stereocenters. The summed E-state index contributed by atoms with van der Waals surface area (Å²) in [5.41, 5.74) is 7.21. The Hall–Kier alpha value is -2.86. The molecule has 0 heterocycles. The summed E-state index contributed by atoms with van der Waals surface area (Å²) in [5, 5.41) is 0. The van der Waals surface area contributed by atoms with Gasteiger partial charge in [0, 0.05) is 0 Å². The van der Waals surface area contributed by atoms with Crippen LogP contribution in [0.5, 0.6) is 0 Å². The Morgan fingerprint density at radius 1 is 0.885 bits per heavy atom. The molecule has 0 fully saturated rings. The van der Waals surface area contributed by atoms with Gasteiger partial charge in [-0.3, -0.25) is 0 Å². The normalized spacial score (nSPS) is 15.6. The molecular formula is C26H26. The Morgan fingerprint density at radius 2 is 1.42 bits per heavy atom. The number of hydrogen-bond acceptors (Lipinski definition) is 0. The molecule has 2 aromatic rings. The topological polar surface area (TPSA) is 0 Å². The Morgan fingerprint density at radius 3 is 1.88 bits per heavy atom. The van der Waals surface area contributed by atoms with Crippen LogP contribution in [0.25, 0.3) is 11.1 Å². The lowest BCUT2D eigenvalue weighted by Gasteiger charge is -2.35. The number of fused-ring (bicyclic) bond motifs is 3. The predicted octanol–water partition coefficient (Wildman–Crippen LogP) is 7.16. The minimum Gasteiger partial charge on any atom is -0.0987 e. The lowest BCUT2D eigenvalue weighted by atomic mass is 9.66. The van der Waals surface area contributed by atoms with E-state index >= 15 is 0 Å². The van der Waals surface area contributed by atoms with Crippen LogP contribution in [0.2, 0.25) is 0 Å². The summed E-state index contributed by atoms with van der Waals surface area (Å²) >= 11 is 0. The van der Waals surface area contributed by atoms with Crippen molar-refractivity contribution < 1.29 is 0 Å². The molecule has 1 aliphatic carbocycles. The second-order valence-corrected chi connectivity index (χ2v) is 6.46. The zero-order chi connectivity index (χ0) is 18.6. The zero-order valence-electron chi connectivity index (χ0n) is 15.7. The average Bonchev–Trinajstić information content (AvgIpc) is 2.98. The van der Waals surface area contributed by atoms with Gasteiger partial charge in [0.05, 0.1) is 5.41 Å². The van der Waals surface area contributed by atoms with E-state index in [9.17, 15) is 0 Å². The van der Waals surface area contributed by atoms with Crippen molar-refractivity contribution in [2.45, 2.75) is 25.7 Å². The van der Waals surface area contributed by atoms with Crippen molar-refractivity contribution in [2.24, 2.45) is 0 Å². The van der Waals surface area contributed by atoms with E-state index in [1.54, 1.807) is 0 Å². The molecular weight excluding hydrogens is 312 g/mol. The van der Waals surface area contributed by atoms with Crippen molar-refractivity contribution in [3.05, 3.63) is 120 Å². The molecule has 0 bridgehead atoms. The molecule has 0 radical (unpaired) electrons. The maximum atomic E-state index is 4.16. The molecule has 0 saturated carbocycles. The van der Waals surface area contributed by atoms with Gasteiger partial charge in [0.1, 0.15) is 0 Å². The van der Waals surface area contributed by atoms with E-state index in [1.165, 1.54) is 33.4 Å². The van der Waals surface area contributed by atoms with E-state index in [4.69, 9.17) is 0 Å². The molecule has 130 valence electrons. The summed E-state index contributed by atoms with van der Waals surface area (Å²) in [6.07, 6.45) is 13.6. The van der Waals surface area contributed by atoms with Gasteiger partial charge in [0.2, 0.25) is 0 Å². The summed E-state index contributed by atoms with van der Waals surface area (Å²) < 4.78 is 0. The van der Waals surface area contributed by atoms with Gasteiger partial charge in [-0.25, -0.2) is 0 Å². The van der Waals surface area contributed by atoms with E-state index < -0.39 is 0 Å². The first kappa shape index (κ1) is 17.9. The lowest BCUT2D eigenvalue weighted by Crippen LogP contribution is -2.29. The quantitative estimate of drug-likeness (QED) is 0.490. The molecule has 0 heteroatoms. The lowest BCUT2D eigenvalue weighted by molar-refractivity contribution is 0.761. The highest BCUT2D eigenvalue weighted by atomic mass is 14.5. The molecule has 0 N–H and O–H groups in total. The molecule has 26 heavy (non-hydrogen) atoms. The Bertz CT molecular complexity index is 873. The molecule has 0 amide bonds. The van der Waals surface area contributed by atoms with E-state index in [2.05, 4.69) is 92.9 Å². The van der Waals surface area contributed by atoms with Crippen molar-refractivity contribution in [3.63, 3.8) is 0 Å². The van der Waals surface area contributed by atoms with Gasteiger partial charge in [-0.2, -0.15) is 0 Å². The first-order valence-electron chi connectivity index (χ1n) is 9.24. The Kier molecular flexibility index (Phi) is 5.23. The van der Waals surface area contributed by atoms with Crippen LogP contribution < -0.4 is 0 Å². The van der Waals surface area contributed by atoms with Crippen LogP contribution in [0.4, 0.5) is 0 Å². The number of allylic oxidation sites excluding steroid dienone is 8. The third-order valence-electron chi connectivity index (χ3n) is 5.15. The monoisotopic (exact) mass is 338 g/mol. The minimum absolute atomic E-state index is 0.369. The summed E-state index contributed by atoms with van der Waals surface area (Å²) in [4.78, 5) is 0. The highest BCUT2D eigenvalue weighted by molar-refractivity contribution is 5.87. The van der Waals surface area contributed by atoms with Crippen LogP contribution in [0, 0.1) is 0 Å². The second-order valence-electron chi connectivity index (χ2n) is 6.46. The zero-order valence-corrected chi connectivity index (χ0v) is 15.7. The standard InChI is InChI=1S/C26H26/c1-5-9-15-21(8-4)26(20(7-3)14-6-2)24-18-12-10-16-22(24)23-17-11-13-19-25(23)26/h5,7-19H,3-4,6H2,1-2H3/b9-5-,20-14+,21-15+. The second kappa shape index (κ2) is 7.58. The van der Waals surface area contributed by atoms with Crippen molar-refractivity contribution in [1.82, 2.24) is 0 Å². The largest absolute Gasteiger partial charge is 0.0987 e. The Labute approximate surface area is 157 Å². The highest BCUT2D eigenvalue weighted by Crippen LogP contribution is 2.56. The fourth-order valence-electron chi connectivity index (χ4n) is 4.18. The van der Waals surface area contributed by atoms with Gasteiger partial charge in [0.25, 0.3) is 0 Å². The van der Waals surface area contributed by atoms with Crippen LogP contribution in [-0.2, 0) is 5.41 Å². The summed E-state index contributed by atoms with van der Waals surface area (Å²) in [6.45, 7) is 12.5. The smallest absolute Gasteiger partial charge is 0.0710 e. The van der Waals surface area contributed by atoms with Crippen molar-refractivity contribution >= 4 is 0 Å². The molecule has 3 rings (SSSR count). The number of benzene rings is 2. The third-order valence-corrected chi connectivity index (χ3v) is 5.15. The van der Waals surface area contributed by atoms with Gasteiger partial charge in [-0.1, -0.05) is 105 Å². The molecule has 2 aromatic carbocycles. The number of hydrogen-bond donors (Lipinski definition) is 0. The van der Waals surface area contributed by atoms with Crippen LogP contribution in [0.1, 0.15) is 31.4 Å². The Balaban J connectivity index is 2.51. The van der Waals surface area contributed by atoms with E-state index in [0.717, 1.165) is 6.42 Å². The van der Waals surface area contributed by atoms with E-state index in [0.29, 0.717) is 0 Å². The molecule has 1 aliphatic rings. The molecule has 0 aliphatic heterocycles. The van der Waals surface area contributed by atoms with Gasteiger partial charge >= 0.3 is 0 Å². The van der Waals surface area contributed by atoms with Gasteiger partial charge in [-0.15, -0.1) is 0 Å². The minimum atomic E-state index is -0.369. The van der Waals surface area contributed by atoms with Crippen molar-refractivity contribution in [1.29, 1.82) is 0 Å². The van der Waals surface area contributed by atoms with Crippen LogP contribution in [-0.4, -0.2) is 0 Å². The molecule has 0 spiro atoms. The molecule has 0 aromatic heterocycles. The SMILES string of the molecule is C=C/C(=C\C=C/C)C1(/C(C=C)=C/CC)c2ccccc2-c2ccccc21. The van der Waals surface area contributed by atoms with Gasteiger partial charge in [-0.05, 0) is 46.7 Å². The summed E-state index contributed by atoms with van der Waals surface area (Å²) in [7, 11) is 0. The molecule has 0 atom stereocenters. The predicted molar refractivity (Wildman–Crippen MR) is 114 cm³/mol. The molecule has 0 nitrogen and oxygen atoms in total. The van der Waals surface area contributed by atoms with E-state index in [1.807, 2.05) is 19.1 Å². The first-order chi connectivity index (χ1) is 12.7. The van der Waals surface area contributed by atoms with Crippen molar-refractivity contribution in [2.75, 3.05) is 0 Å². The summed E-state index contributed by atoms with van der Waals surface area (Å²) in [5.74, 6) is 0. The van der Waals surface area contributed by atoms with Crippen LogP contribution in [0.3, 0.4) is 0 Å². The molecule has 0 saturated heterocycles. The van der Waals surface area contributed by atoms with Crippen molar-refractivity contribution in [3.8, 4) is 11.1 Å².